The van der Waals surface area contributed by atoms with Crippen LogP contribution < -0.4 is 11.1 Å². The number of hydrogen-bond acceptors (Lipinski definition) is 4. The SMILES string of the molecule is CC(C)(C)C(=O)O.NC(=O)[C@@H]1CC(=O)CN1. The van der Waals surface area contributed by atoms with Gasteiger partial charge < -0.3 is 10.8 Å². The molecule has 0 aromatic carbocycles. The average molecular weight is 230 g/mol. The summed E-state index contributed by atoms with van der Waals surface area (Å²) in [5.41, 5.74) is 4.32. The van der Waals surface area contributed by atoms with Crippen LogP contribution in [0.3, 0.4) is 0 Å². The van der Waals surface area contributed by atoms with Gasteiger partial charge in [0.05, 0.1) is 18.0 Å². The summed E-state index contributed by atoms with van der Waals surface area (Å²) < 4.78 is 0. The fourth-order valence-corrected chi connectivity index (χ4v) is 0.810. The molecule has 1 fully saturated rings. The summed E-state index contributed by atoms with van der Waals surface area (Å²) >= 11 is 0. The maximum Gasteiger partial charge on any atom is 0.308 e. The van der Waals surface area contributed by atoms with Gasteiger partial charge in [0.15, 0.2) is 0 Å². The summed E-state index contributed by atoms with van der Waals surface area (Å²) in [4.78, 5) is 30.9. The van der Waals surface area contributed by atoms with Gasteiger partial charge in [-0.3, -0.25) is 19.7 Å². The molecule has 0 aromatic heterocycles. The van der Waals surface area contributed by atoms with Gasteiger partial charge in [0.2, 0.25) is 5.91 Å². The Balaban J connectivity index is 0.000000293. The minimum atomic E-state index is -0.757. The Morgan fingerprint density at radius 3 is 2.00 bits per heavy atom. The van der Waals surface area contributed by atoms with Crippen LogP contribution in [-0.2, 0) is 14.4 Å². The lowest BCUT2D eigenvalue weighted by atomic mass is 9.98. The highest BCUT2D eigenvalue weighted by atomic mass is 16.4. The zero-order valence-electron chi connectivity index (χ0n) is 9.74. The molecule has 4 N–H and O–H groups in total. The van der Waals surface area contributed by atoms with Crippen molar-refractivity contribution in [3.63, 3.8) is 0 Å². The fraction of sp³-hybridized carbons (Fsp3) is 0.700. The van der Waals surface area contributed by atoms with E-state index in [2.05, 4.69) is 5.32 Å². The van der Waals surface area contributed by atoms with Crippen molar-refractivity contribution < 1.29 is 19.5 Å². The molecule has 0 unspecified atom stereocenters. The van der Waals surface area contributed by atoms with Crippen molar-refractivity contribution in [3.05, 3.63) is 0 Å². The quantitative estimate of drug-likeness (QED) is 0.563. The summed E-state index contributed by atoms with van der Waals surface area (Å²) in [7, 11) is 0. The largest absolute Gasteiger partial charge is 0.481 e. The number of primary amides is 1. The molecule has 6 nitrogen and oxygen atoms in total. The number of rotatable bonds is 1. The molecule has 16 heavy (non-hydrogen) atoms. The molecule has 6 heteroatoms. The second-order valence-electron chi connectivity index (χ2n) is 4.63. The predicted molar refractivity (Wildman–Crippen MR) is 57.7 cm³/mol. The van der Waals surface area contributed by atoms with Crippen LogP contribution in [0.4, 0.5) is 0 Å². The van der Waals surface area contributed by atoms with Crippen molar-refractivity contribution in [2.24, 2.45) is 11.1 Å². The molecule has 0 spiro atoms. The van der Waals surface area contributed by atoms with Crippen LogP contribution in [0.15, 0.2) is 0 Å². The summed E-state index contributed by atoms with van der Waals surface area (Å²) in [5.74, 6) is -1.15. The smallest absolute Gasteiger partial charge is 0.308 e. The fourth-order valence-electron chi connectivity index (χ4n) is 0.810. The highest BCUT2D eigenvalue weighted by Crippen LogP contribution is 2.11. The van der Waals surface area contributed by atoms with Crippen LogP contribution in [0, 0.1) is 5.41 Å². The summed E-state index contributed by atoms with van der Waals surface area (Å²) in [6, 6.07) is -0.419. The van der Waals surface area contributed by atoms with E-state index in [0.717, 1.165) is 0 Å². The Hall–Kier alpha value is -1.43. The van der Waals surface area contributed by atoms with Gasteiger partial charge in [0.1, 0.15) is 5.78 Å². The molecule has 1 saturated heterocycles. The Kier molecular flexibility index (Phi) is 5.10. The molecule has 1 amide bonds. The van der Waals surface area contributed by atoms with E-state index >= 15 is 0 Å². The molecule has 1 aliphatic heterocycles. The van der Waals surface area contributed by atoms with E-state index in [4.69, 9.17) is 10.8 Å². The van der Waals surface area contributed by atoms with Gasteiger partial charge in [-0.05, 0) is 20.8 Å². The average Bonchev–Trinajstić information content (AvgIpc) is 2.51. The first-order valence-corrected chi connectivity index (χ1v) is 4.92. The van der Waals surface area contributed by atoms with Crippen molar-refractivity contribution in [2.45, 2.75) is 33.2 Å². The van der Waals surface area contributed by atoms with E-state index in [0.29, 0.717) is 0 Å². The highest BCUT2D eigenvalue weighted by Gasteiger charge is 2.25. The van der Waals surface area contributed by atoms with Crippen LogP contribution in [0.2, 0.25) is 0 Å². The Labute approximate surface area is 94.2 Å². The lowest BCUT2D eigenvalue weighted by Crippen LogP contribution is -2.36. The third-order valence-electron chi connectivity index (χ3n) is 1.96. The number of Topliss-reactive ketones (excluding diaryl/α,β-unsaturated/α-hetero) is 1. The monoisotopic (exact) mass is 230 g/mol. The number of nitrogens with two attached hydrogens (primary N) is 1. The first-order valence-electron chi connectivity index (χ1n) is 4.92. The van der Waals surface area contributed by atoms with Crippen LogP contribution in [0.25, 0.3) is 0 Å². The predicted octanol–water partition coefficient (Wildman–Crippen LogP) is -0.480. The molecule has 1 atom stereocenters. The minimum Gasteiger partial charge on any atom is -0.481 e. The number of carboxylic acid groups (broad SMARTS) is 1. The van der Waals surface area contributed by atoms with Crippen molar-refractivity contribution in [1.29, 1.82) is 0 Å². The summed E-state index contributed by atoms with van der Waals surface area (Å²) in [6.07, 6.45) is 0.259. The molecule has 0 aliphatic carbocycles. The van der Waals surface area contributed by atoms with Gasteiger partial charge in [-0.15, -0.1) is 0 Å². The van der Waals surface area contributed by atoms with Gasteiger partial charge in [0, 0.05) is 6.42 Å². The van der Waals surface area contributed by atoms with E-state index in [1.807, 2.05) is 0 Å². The van der Waals surface area contributed by atoms with Gasteiger partial charge >= 0.3 is 5.97 Å². The van der Waals surface area contributed by atoms with Gasteiger partial charge in [-0.25, -0.2) is 0 Å². The molecule has 1 aliphatic rings. The van der Waals surface area contributed by atoms with Crippen molar-refractivity contribution in [3.8, 4) is 0 Å². The summed E-state index contributed by atoms with van der Waals surface area (Å²) in [5, 5.41) is 10.9. The Bertz CT molecular complexity index is 294. The third kappa shape index (κ3) is 5.45. The molecular formula is C10H18N2O4. The normalized spacial score (nSPS) is 19.9. The number of hydrogen-bond donors (Lipinski definition) is 3. The first kappa shape index (κ1) is 14.6. The maximum absolute atomic E-state index is 10.5. The molecule has 92 valence electrons. The number of carbonyl (C=O) groups excluding carboxylic acids is 2. The highest BCUT2D eigenvalue weighted by molar-refractivity contribution is 5.92. The molecular weight excluding hydrogens is 212 g/mol. The third-order valence-corrected chi connectivity index (χ3v) is 1.96. The summed E-state index contributed by atoms with van der Waals surface area (Å²) in [6.45, 7) is 5.27. The zero-order valence-corrected chi connectivity index (χ0v) is 9.74. The number of nitrogens with one attached hydrogen (secondary N) is 1. The molecule has 1 heterocycles. The number of carboxylic acids is 1. The van der Waals surface area contributed by atoms with Crippen molar-refractivity contribution in [1.82, 2.24) is 5.32 Å². The Morgan fingerprint density at radius 2 is 1.88 bits per heavy atom. The minimum absolute atomic E-state index is 0.0544. The van der Waals surface area contributed by atoms with Crippen LogP contribution in [0.1, 0.15) is 27.2 Å². The first-order chi connectivity index (χ1) is 7.14. The van der Waals surface area contributed by atoms with Gasteiger partial charge in [0.25, 0.3) is 0 Å². The standard InChI is InChI=1S/C5H8N2O2.C5H10O2/c6-5(9)4-1-3(8)2-7-4;1-5(2,3)4(6)7/h4,7H,1-2H2,(H2,6,9);1-3H3,(H,6,7)/t4-;/m0./s1. The molecule has 0 bridgehead atoms. The molecule has 0 saturated carbocycles. The topological polar surface area (TPSA) is 109 Å². The number of ketones is 1. The van der Waals surface area contributed by atoms with E-state index < -0.39 is 23.3 Å². The Morgan fingerprint density at radius 1 is 1.44 bits per heavy atom. The van der Waals surface area contributed by atoms with E-state index in [9.17, 15) is 14.4 Å². The zero-order chi connectivity index (χ0) is 12.9. The number of carbonyl (C=O) groups is 3. The van der Waals surface area contributed by atoms with E-state index in [1.165, 1.54) is 0 Å². The van der Waals surface area contributed by atoms with Crippen LogP contribution in [0.5, 0.6) is 0 Å². The number of aliphatic carboxylic acids is 1. The van der Waals surface area contributed by atoms with Gasteiger partial charge in [-0.1, -0.05) is 0 Å². The molecule has 0 radical (unpaired) electrons. The van der Waals surface area contributed by atoms with Crippen molar-refractivity contribution in [2.75, 3.05) is 6.54 Å². The lowest BCUT2D eigenvalue weighted by molar-refractivity contribution is -0.145. The van der Waals surface area contributed by atoms with E-state index in [-0.39, 0.29) is 18.7 Å². The second-order valence-corrected chi connectivity index (χ2v) is 4.63. The lowest BCUT2D eigenvalue weighted by Gasteiger charge is -2.08. The van der Waals surface area contributed by atoms with Crippen LogP contribution in [-0.4, -0.2) is 35.4 Å². The molecule has 1 rings (SSSR count). The van der Waals surface area contributed by atoms with Crippen LogP contribution >= 0.6 is 0 Å². The number of amides is 1. The second kappa shape index (κ2) is 5.60. The van der Waals surface area contributed by atoms with Crippen molar-refractivity contribution >= 4 is 17.7 Å². The van der Waals surface area contributed by atoms with Gasteiger partial charge in [-0.2, -0.15) is 0 Å². The van der Waals surface area contributed by atoms with E-state index in [1.54, 1.807) is 20.8 Å². The maximum atomic E-state index is 10.5. The molecule has 0 aromatic rings.